The molecule has 4 nitrogen and oxygen atoms in total. The molecule has 0 saturated carbocycles. The van der Waals surface area contributed by atoms with Crippen molar-refractivity contribution >= 4 is 5.82 Å². The lowest BCUT2D eigenvalue weighted by Crippen LogP contribution is -2.38. The molecule has 2 heterocycles. The number of hydrogen-bond acceptors (Lipinski definition) is 4. The van der Waals surface area contributed by atoms with E-state index in [4.69, 9.17) is 0 Å². The van der Waals surface area contributed by atoms with E-state index in [2.05, 4.69) is 34.0 Å². The molecule has 0 unspecified atom stereocenters. The highest BCUT2D eigenvalue weighted by Crippen LogP contribution is 2.30. The van der Waals surface area contributed by atoms with Gasteiger partial charge in [-0.2, -0.15) is 0 Å². The van der Waals surface area contributed by atoms with Gasteiger partial charge >= 0.3 is 0 Å². The molecule has 1 fully saturated rings. The second-order valence-corrected chi connectivity index (χ2v) is 6.96. The van der Waals surface area contributed by atoms with Crippen LogP contribution in [-0.4, -0.2) is 36.1 Å². The number of nitrogens with zero attached hydrogens (tertiary/aromatic N) is 3. The quantitative estimate of drug-likeness (QED) is 0.903. The van der Waals surface area contributed by atoms with E-state index in [1.54, 1.807) is 6.33 Å². The highest BCUT2D eigenvalue weighted by Gasteiger charge is 2.25. The maximum absolute atomic E-state index is 4.58. The van der Waals surface area contributed by atoms with Crippen molar-refractivity contribution in [3.05, 3.63) is 17.6 Å². The fourth-order valence-corrected chi connectivity index (χ4v) is 3.54. The second kappa shape index (κ2) is 6.73. The van der Waals surface area contributed by atoms with Gasteiger partial charge in [0.15, 0.2) is 0 Å². The lowest BCUT2D eigenvalue weighted by Gasteiger charge is -2.34. The fraction of sp³-hybridized carbons (Fsp3) is 0.765. The molecule has 1 aromatic heterocycles. The van der Waals surface area contributed by atoms with Crippen LogP contribution in [0.15, 0.2) is 6.33 Å². The minimum atomic E-state index is 0.744. The molecule has 1 aromatic rings. The summed E-state index contributed by atoms with van der Waals surface area (Å²) >= 11 is 0. The van der Waals surface area contributed by atoms with Crippen LogP contribution in [0, 0.1) is 11.8 Å². The molecular weight excluding hydrogens is 260 g/mol. The van der Waals surface area contributed by atoms with Crippen LogP contribution in [0.4, 0.5) is 5.82 Å². The van der Waals surface area contributed by atoms with Crippen LogP contribution in [0.25, 0.3) is 0 Å². The maximum atomic E-state index is 4.58. The Morgan fingerprint density at radius 3 is 2.81 bits per heavy atom. The first-order valence-electron chi connectivity index (χ1n) is 8.52. The fourth-order valence-electron chi connectivity index (χ4n) is 3.54. The van der Waals surface area contributed by atoms with E-state index in [1.165, 1.54) is 49.3 Å². The van der Waals surface area contributed by atoms with Gasteiger partial charge in [0.2, 0.25) is 0 Å². The Kier molecular flexibility index (Phi) is 4.73. The molecule has 0 bridgehead atoms. The average Bonchev–Trinajstić information content (AvgIpc) is 2.96. The van der Waals surface area contributed by atoms with Gasteiger partial charge in [0, 0.05) is 24.3 Å². The molecule has 4 heteroatoms. The molecule has 0 radical (unpaired) electrons. The van der Waals surface area contributed by atoms with Crippen molar-refractivity contribution in [3.8, 4) is 0 Å². The summed E-state index contributed by atoms with van der Waals surface area (Å²) in [5.41, 5.74) is 2.72. The van der Waals surface area contributed by atoms with Gasteiger partial charge in [0.05, 0.1) is 0 Å². The summed E-state index contributed by atoms with van der Waals surface area (Å²) in [6, 6.07) is 0. The number of aryl methyl sites for hydroxylation is 1. The molecule has 2 aliphatic rings. The number of nitrogens with one attached hydrogen (secondary N) is 1. The van der Waals surface area contributed by atoms with E-state index < -0.39 is 0 Å². The Bertz CT molecular complexity index is 464. The molecule has 0 spiro atoms. The van der Waals surface area contributed by atoms with Crippen molar-refractivity contribution in [2.75, 3.05) is 31.1 Å². The number of fused-ring (bicyclic) bond motifs is 1. The maximum Gasteiger partial charge on any atom is 0.135 e. The third-order valence-corrected chi connectivity index (χ3v) is 4.75. The molecule has 0 atom stereocenters. The van der Waals surface area contributed by atoms with E-state index in [0.717, 1.165) is 37.9 Å². The van der Waals surface area contributed by atoms with Crippen LogP contribution < -0.4 is 10.2 Å². The van der Waals surface area contributed by atoms with E-state index in [9.17, 15) is 0 Å². The molecule has 1 aliphatic carbocycles. The summed E-state index contributed by atoms with van der Waals surface area (Å²) < 4.78 is 0. The summed E-state index contributed by atoms with van der Waals surface area (Å²) in [4.78, 5) is 11.5. The summed E-state index contributed by atoms with van der Waals surface area (Å²) in [6.45, 7) is 9.15. The van der Waals surface area contributed by atoms with Gasteiger partial charge in [-0.25, -0.2) is 9.97 Å². The van der Waals surface area contributed by atoms with Gasteiger partial charge in [0.25, 0.3) is 0 Å². The molecular formula is C17H28N4. The van der Waals surface area contributed by atoms with Crippen LogP contribution in [0.1, 0.15) is 44.4 Å². The summed E-state index contributed by atoms with van der Waals surface area (Å²) in [6.07, 6.45) is 7.88. The van der Waals surface area contributed by atoms with E-state index in [1.807, 2.05) is 0 Å². The van der Waals surface area contributed by atoms with Crippen molar-refractivity contribution < 1.29 is 0 Å². The van der Waals surface area contributed by atoms with Crippen molar-refractivity contribution in [2.24, 2.45) is 11.8 Å². The monoisotopic (exact) mass is 288 g/mol. The van der Waals surface area contributed by atoms with Gasteiger partial charge in [-0.3, -0.25) is 0 Å². The Labute approximate surface area is 128 Å². The summed E-state index contributed by atoms with van der Waals surface area (Å²) in [5.74, 6) is 2.80. The molecule has 1 saturated heterocycles. The zero-order valence-corrected chi connectivity index (χ0v) is 13.4. The molecule has 0 aromatic carbocycles. The molecule has 116 valence electrons. The predicted octanol–water partition coefficient (Wildman–Crippen LogP) is 2.43. The Hall–Kier alpha value is -1.16. The van der Waals surface area contributed by atoms with Gasteiger partial charge in [0.1, 0.15) is 12.1 Å². The molecule has 0 amide bonds. The van der Waals surface area contributed by atoms with Crippen LogP contribution in [-0.2, 0) is 12.8 Å². The van der Waals surface area contributed by atoms with Crippen molar-refractivity contribution in [1.29, 1.82) is 0 Å². The van der Waals surface area contributed by atoms with Gasteiger partial charge in [-0.1, -0.05) is 13.8 Å². The minimum absolute atomic E-state index is 0.744. The van der Waals surface area contributed by atoms with Crippen LogP contribution in [0.5, 0.6) is 0 Å². The topological polar surface area (TPSA) is 41.0 Å². The smallest absolute Gasteiger partial charge is 0.135 e. The van der Waals surface area contributed by atoms with Crippen LogP contribution >= 0.6 is 0 Å². The Morgan fingerprint density at radius 1 is 1.24 bits per heavy atom. The minimum Gasteiger partial charge on any atom is -0.356 e. The standard InChI is InChI=1S/C17H28N4/c1-13(2)10-18-11-14-6-8-21(9-7-14)17-15-4-3-5-16(15)19-12-20-17/h12-14,18H,3-11H2,1-2H3. The molecule has 21 heavy (non-hydrogen) atoms. The number of hydrogen-bond donors (Lipinski definition) is 1. The first kappa shape index (κ1) is 14.8. The van der Waals surface area contributed by atoms with E-state index in [-0.39, 0.29) is 0 Å². The third kappa shape index (κ3) is 3.54. The zero-order chi connectivity index (χ0) is 14.7. The van der Waals surface area contributed by atoms with Crippen LogP contribution in [0.2, 0.25) is 0 Å². The normalized spacial score (nSPS) is 19.3. The van der Waals surface area contributed by atoms with Crippen LogP contribution in [0.3, 0.4) is 0 Å². The first-order chi connectivity index (χ1) is 10.2. The Balaban J connectivity index is 1.53. The summed E-state index contributed by atoms with van der Waals surface area (Å²) in [7, 11) is 0. The Morgan fingerprint density at radius 2 is 2.05 bits per heavy atom. The zero-order valence-electron chi connectivity index (χ0n) is 13.4. The van der Waals surface area contributed by atoms with E-state index >= 15 is 0 Å². The average molecular weight is 288 g/mol. The van der Waals surface area contributed by atoms with Crippen molar-refractivity contribution in [1.82, 2.24) is 15.3 Å². The molecule has 1 N–H and O–H groups in total. The second-order valence-electron chi connectivity index (χ2n) is 6.96. The van der Waals surface area contributed by atoms with E-state index in [0.29, 0.717) is 0 Å². The lowest BCUT2D eigenvalue weighted by molar-refractivity contribution is 0.372. The third-order valence-electron chi connectivity index (χ3n) is 4.75. The first-order valence-corrected chi connectivity index (χ1v) is 8.52. The highest BCUT2D eigenvalue weighted by molar-refractivity contribution is 5.50. The van der Waals surface area contributed by atoms with Gasteiger partial charge < -0.3 is 10.2 Å². The summed E-state index contributed by atoms with van der Waals surface area (Å²) in [5, 5.41) is 3.61. The lowest BCUT2D eigenvalue weighted by atomic mass is 9.96. The molecule has 1 aliphatic heterocycles. The number of anilines is 1. The van der Waals surface area contributed by atoms with Crippen molar-refractivity contribution in [3.63, 3.8) is 0 Å². The number of piperidine rings is 1. The number of rotatable bonds is 5. The predicted molar refractivity (Wildman–Crippen MR) is 86.7 cm³/mol. The SMILES string of the molecule is CC(C)CNCC1CCN(c2ncnc3c2CCC3)CC1. The highest BCUT2D eigenvalue weighted by atomic mass is 15.2. The number of aromatic nitrogens is 2. The largest absolute Gasteiger partial charge is 0.356 e. The molecule has 3 rings (SSSR count). The van der Waals surface area contributed by atoms with Gasteiger partial charge in [-0.05, 0) is 57.0 Å². The van der Waals surface area contributed by atoms with Crippen molar-refractivity contribution in [2.45, 2.75) is 46.0 Å². The van der Waals surface area contributed by atoms with Gasteiger partial charge in [-0.15, -0.1) is 0 Å².